The fraction of sp³-hybridized carbons (Fsp3) is 0.250. The van der Waals surface area contributed by atoms with Gasteiger partial charge >= 0.3 is 5.97 Å². The fourth-order valence-electron chi connectivity index (χ4n) is 1.56. The van der Waals surface area contributed by atoms with Crippen molar-refractivity contribution >= 4 is 23.3 Å². The zero-order valence-electron chi connectivity index (χ0n) is 9.90. The van der Waals surface area contributed by atoms with Gasteiger partial charge in [-0.15, -0.1) is 0 Å². The van der Waals surface area contributed by atoms with Crippen molar-refractivity contribution in [2.75, 3.05) is 19.5 Å². The lowest BCUT2D eigenvalue weighted by molar-refractivity contribution is -0.155. The Bertz CT molecular complexity index is 501. The van der Waals surface area contributed by atoms with Crippen molar-refractivity contribution in [3.63, 3.8) is 0 Å². The lowest BCUT2D eigenvalue weighted by Crippen LogP contribution is -2.18. The van der Waals surface area contributed by atoms with Gasteiger partial charge in [-0.3, -0.25) is 0 Å². The van der Waals surface area contributed by atoms with Crippen molar-refractivity contribution < 1.29 is 19.0 Å². The Labute approximate surface area is 109 Å². The summed E-state index contributed by atoms with van der Waals surface area (Å²) in [5, 5.41) is 2.98. The number of hydrogen-bond donors (Lipinski definition) is 1. The zero-order chi connectivity index (χ0) is 13.1. The predicted molar refractivity (Wildman–Crippen MR) is 66.4 cm³/mol. The van der Waals surface area contributed by atoms with Crippen LogP contribution in [0.3, 0.4) is 0 Å². The number of methoxy groups -OCH3 is 2. The summed E-state index contributed by atoms with van der Waals surface area (Å²) in [4.78, 5) is 11.3. The second-order valence-electron chi connectivity index (χ2n) is 3.56. The normalized spacial score (nSPS) is 18.8. The molecule has 1 aliphatic rings. The second-order valence-corrected chi connectivity index (χ2v) is 3.94. The third kappa shape index (κ3) is 2.42. The number of esters is 1. The molecule has 96 valence electrons. The summed E-state index contributed by atoms with van der Waals surface area (Å²) in [5.74, 6) is 0.0878. The number of carbonyl (C=O) groups is 1. The van der Waals surface area contributed by atoms with Gasteiger partial charge in [0, 0.05) is 18.9 Å². The van der Waals surface area contributed by atoms with Crippen LogP contribution in [0.4, 0.5) is 5.69 Å². The molecule has 0 unspecified atom stereocenters. The van der Waals surface area contributed by atoms with Crippen LogP contribution in [0.5, 0.6) is 5.75 Å². The Balaban J connectivity index is 2.24. The highest BCUT2D eigenvalue weighted by Gasteiger charge is 2.33. The predicted octanol–water partition coefficient (Wildman–Crippen LogP) is 2.09. The number of carbonyl (C=O) groups excluding carboxylic acids is 1. The largest absolute Gasteiger partial charge is 0.497 e. The van der Waals surface area contributed by atoms with Gasteiger partial charge in [0.15, 0.2) is 5.03 Å². The molecule has 0 radical (unpaired) electrons. The number of benzene rings is 1. The fourth-order valence-corrected chi connectivity index (χ4v) is 1.74. The van der Waals surface area contributed by atoms with E-state index in [1.54, 1.807) is 13.2 Å². The van der Waals surface area contributed by atoms with E-state index in [0.29, 0.717) is 11.4 Å². The molecule has 1 N–H and O–H groups in total. The molecule has 0 saturated carbocycles. The highest BCUT2D eigenvalue weighted by atomic mass is 35.5. The van der Waals surface area contributed by atoms with Crippen molar-refractivity contribution in [3.8, 4) is 5.75 Å². The number of hydrogen-bond acceptors (Lipinski definition) is 5. The standard InChI is InChI=1S/C12H12ClNO4/c1-16-8-5-3-4-7(6-8)14-10-9(13)11(15)18-12(10)17-2/h3-6,12,14H,1-2H3/t12-/m1/s1. The molecule has 0 aliphatic carbocycles. The summed E-state index contributed by atoms with van der Waals surface area (Å²) in [6.07, 6.45) is -0.809. The molecule has 0 spiro atoms. The van der Waals surface area contributed by atoms with Gasteiger partial charge in [-0.1, -0.05) is 17.7 Å². The number of anilines is 1. The van der Waals surface area contributed by atoms with E-state index in [-0.39, 0.29) is 5.03 Å². The number of ether oxygens (including phenoxy) is 3. The van der Waals surface area contributed by atoms with E-state index in [2.05, 4.69) is 5.32 Å². The molecule has 1 heterocycles. The van der Waals surface area contributed by atoms with E-state index >= 15 is 0 Å². The van der Waals surface area contributed by atoms with Gasteiger partial charge in [0.25, 0.3) is 0 Å². The van der Waals surface area contributed by atoms with Crippen LogP contribution >= 0.6 is 11.6 Å². The highest BCUT2D eigenvalue weighted by Crippen LogP contribution is 2.28. The van der Waals surface area contributed by atoms with Crippen LogP contribution in [0.15, 0.2) is 35.0 Å². The third-order valence-electron chi connectivity index (χ3n) is 2.43. The molecule has 1 aromatic rings. The van der Waals surface area contributed by atoms with Gasteiger partial charge in [0.1, 0.15) is 11.4 Å². The Morgan fingerprint density at radius 3 is 2.83 bits per heavy atom. The lowest BCUT2D eigenvalue weighted by Gasteiger charge is -2.14. The maximum absolute atomic E-state index is 11.3. The minimum Gasteiger partial charge on any atom is -0.497 e. The molecule has 0 saturated heterocycles. The molecule has 18 heavy (non-hydrogen) atoms. The Hall–Kier alpha value is -1.72. The van der Waals surface area contributed by atoms with Crippen LogP contribution in [0.25, 0.3) is 0 Å². The van der Waals surface area contributed by atoms with Gasteiger partial charge in [-0.2, -0.15) is 0 Å². The smallest absolute Gasteiger partial charge is 0.354 e. The van der Waals surface area contributed by atoms with Crippen molar-refractivity contribution in [2.24, 2.45) is 0 Å². The molecule has 0 bridgehead atoms. The van der Waals surface area contributed by atoms with Crippen molar-refractivity contribution in [1.82, 2.24) is 0 Å². The molecular formula is C12H12ClNO4. The summed E-state index contributed by atoms with van der Waals surface area (Å²) in [6.45, 7) is 0. The summed E-state index contributed by atoms with van der Waals surface area (Å²) < 4.78 is 15.0. The topological polar surface area (TPSA) is 56.8 Å². The van der Waals surface area contributed by atoms with Crippen molar-refractivity contribution in [1.29, 1.82) is 0 Å². The SMILES string of the molecule is COc1cccc(NC2=C(Cl)C(=O)O[C@H]2OC)c1. The van der Waals surface area contributed by atoms with Crippen molar-refractivity contribution in [2.45, 2.75) is 6.29 Å². The minimum atomic E-state index is -0.809. The first-order valence-electron chi connectivity index (χ1n) is 5.20. The van der Waals surface area contributed by atoms with Gasteiger partial charge < -0.3 is 19.5 Å². The molecule has 2 rings (SSSR count). The summed E-state index contributed by atoms with van der Waals surface area (Å²) in [6, 6.07) is 7.21. The van der Waals surface area contributed by atoms with Crippen LogP contribution < -0.4 is 10.1 Å². The van der Waals surface area contributed by atoms with Crippen molar-refractivity contribution in [3.05, 3.63) is 35.0 Å². The number of nitrogens with one attached hydrogen (secondary N) is 1. The first kappa shape index (κ1) is 12.7. The Morgan fingerprint density at radius 2 is 2.17 bits per heavy atom. The molecular weight excluding hydrogens is 258 g/mol. The lowest BCUT2D eigenvalue weighted by atomic mass is 10.3. The van der Waals surface area contributed by atoms with Gasteiger partial charge in [0.05, 0.1) is 7.11 Å². The minimum absolute atomic E-state index is 0.00956. The molecule has 1 aliphatic heterocycles. The zero-order valence-corrected chi connectivity index (χ0v) is 10.7. The third-order valence-corrected chi connectivity index (χ3v) is 2.79. The second kappa shape index (κ2) is 5.29. The van der Waals surface area contributed by atoms with E-state index in [4.69, 9.17) is 25.8 Å². The highest BCUT2D eigenvalue weighted by molar-refractivity contribution is 6.42. The molecule has 1 atom stereocenters. The monoisotopic (exact) mass is 269 g/mol. The average molecular weight is 270 g/mol. The van der Waals surface area contributed by atoms with Crippen LogP contribution in [0.1, 0.15) is 0 Å². The first-order valence-corrected chi connectivity index (χ1v) is 5.58. The van der Waals surface area contributed by atoms with Crippen LogP contribution in [-0.2, 0) is 14.3 Å². The summed E-state index contributed by atoms with van der Waals surface area (Å²) >= 11 is 5.86. The van der Waals surface area contributed by atoms with Crippen LogP contribution in [0.2, 0.25) is 0 Å². The number of rotatable bonds is 4. The maximum atomic E-state index is 11.3. The van der Waals surface area contributed by atoms with Gasteiger partial charge in [-0.25, -0.2) is 4.79 Å². The molecule has 0 fully saturated rings. The number of halogens is 1. The maximum Gasteiger partial charge on any atom is 0.354 e. The number of cyclic esters (lactones) is 1. The van der Waals surface area contributed by atoms with E-state index in [1.807, 2.05) is 18.2 Å². The molecule has 6 heteroatoms. The van der Waals surface area contributed by atoms with Gasteiger partial charge in [-0.05, 0) is 12.1 Å². The quantitative estimate of drug-likeness (QED) is 0.848. The van der Waals surface area contributed by atoms with E-state index in [1.165, 1.54) is 7.11 Å². The van der Waals surface area contributed by atoms with E-state index < -0.39 is 12.3 Å². The van der Waals surface area contributed by atoms with Crippen LogP contribution in [-0.4, -0.2) is 26.5 Å². The molecule has 5 nitrogen and oxygen atoms in total. The summed E-state index contributed by atoms with van der Waals surface area (Å²) in [5.41, 5.74) is 1.11. The molecule has 0 aromatic heterocycles. The van der Waals surface area contributed by atoms with Gasteiger partial charge in [0.2, 0.25) is 6.29 Å². The first-order chi connectivity index (χ1) is 8.65. The molecule has 1 aromatic carbocycles. The van der Waals surface area contributed by atoms with Crippen LogP contribution in [0, 0.1) is 0 Å². The van der Waals surface area contributed by atoms with E-state index in [9.17, 15) is 4.79 Å². The Kier molecular flexibility index (Phi) is 3.74. The summed E-state index contributed by atoms with van der Waals surface area (Å²) in [7, 11) is 3.01. The molecule has 0 amide bonds. The average Bonchev–Trinajstić information content (AvgIpc) is 2.67. The van der Waals surface area contributed by atoms with E-state index in [0.717, 1.165) is 5.69 Å². The Morgan fingerprint density at radius 1 is 1.39 bits per heavy atom.